The second-order valence-corrected chi connectivity index (χ2v) is 4.84. The Morgan fingerprint density at radius 3 is 2.89 bits per heavy atom. The summed E-state index contributed by atoms with van der Waals surface area (Å²) in [5, 5.41) is 4.64. The van der Waals surface area contributed by atoms with Gasteiger partial charge in [-0.25, -0.2) is 0 Å². The molecule has 1 heterocycles. The Morgan fingerprint density at radius 1 is 1.39 bits per heavy atom. The van der Waals surface area contributed by atoms with Gasteiger partial charge in [0.25, 0.3) is 5.91 Å². The Bertz CT molecular complexity index is 574. The summed E-state index contributed by atoms with van der Waals surface area (Å²) < 4.78 is 1.88. The van der Waals surface area contributed by atoms with Crippen molar-refractivity contribution in [2.24, 2.45) is 7.05 Å². The van der Waals surface area contributed by atoms with E-state index >= 15 is 0 Å². The summed E-state index contributed by atoms with van der Waals surface area (Å²) in [5.41, 5.74) is 1.64. The van der Waals surface area contributed by atoms with E-state index in [2.05, 4.69) is 12.2 Å². The van der Waals surface area contributed by atoms with Crippen LogP contribution < -0.4 is 5.32 Å². The zero-order valence-corrected chi connectivity index (χ0v) is 11.4. The number of unbranched alkanes of at least 4 members (excludes halogenated alkanes) is 1. The number of nitrogens with one attached hydrogen (secondary N) is 1. The standard InChI is InChI=1S/C14H17ClN2O/c1-3-4-7-16-14(18)13-8-10-5-6-11(15)9-12(10)17(13)2/h5-6,8-9H,3-4,7H2,1-2H3,(H,16,18). The largest absolute Gasteiger partial charge is 0.351 e. The monoisotopic (exact) mass is 264 g/mol. The highest BCUT2D eigenvalue weighted by molar-refractivity contribution is 6.31. The molecule has 0 radical (unpaired) electrons. The zero-order chi connectivity index (χ0) is 13.1. The molecule has 1 aromatic carbocycles. The number of fused-ring (bicyclic) bond motifs is 1. The summed E-state index contributed by atoms with van der Waals surface area (Å²) in [5.74, 6) is -0.0294. The molecule has 3 nitrogen and oxygen atoms in total. The highest BCUT2D eigenvalue weighted by atomic mass is 35.5. The van der Waals surface area contributed by atoms with Crippen LogP contribution in [0, 0.1) is 0 Å². The van der Waals surface area contributed by atoms with Gasteiger partial charge in [-0.2, -0.15) is 0 Å². The fraction of sp³-hybridized carbons (Fsp3) is 0.357. The van der Waals surface area contributed by atoms with Crippen LogP contribution in [0.2, 0.25) is 5.02 Å². The van der Waals surface area contributed by atoms with Gasteiger partial charge in [0.1, 0.15) is 5.69 Å². The molecule has 0 atom stereocenters. The zero-order valence-electron chi connectivity index (χ0n) is 10.7. The van der Waals surface area contributed by atoms with Crippen LogP contribution in [0.3, 0.4) is 0 Å². The second-order valence-electron chi connectivity index (χ2n) is 4.40. The van der Waals surface area contributed by atoms with Crippen molar-refractivity contribution < 1.29 is 4.79 Å². The minimum atomic E-state index is -0.0294. The van der Waals surface area contributed by atoms with E-state index in [1.165, 1.54) is 0 Å². The highest BCUT2D eigenvalue weighted by Gasteiger charge is 2.12. The van der Waals surface area contributed by atoms with Gasteiger partial charge in [0.15, 0.2) is 0 Å². The molecule has 0 bridgehead atoms. The van der Waals surface area contributed by atoms with Crippen LogP contribution in [0.4, 0.5) is 0 Å². The van der Waals surface area contributed by atoms with Crippen LogP contribution >= 0.6 is 11.6 Å². The van der Waals surface area contributed by atoms with Crippen molar-refractivity contribution in [3.05, 3.63) is 35.0 Å². The van der Waals surface area contributed by atoms with Crippen LogP contribution in [-0.4, -0.2) is 17.0 Å². The molecule has 0 unspecified atom stereocenters. The molecule has 2 rings (SSSR count). The summed E-state index contributed by atoms with van der Waals surface area (Å²) >= 11 is 5.97. The van der Waals surface area contributed by atoms with Crippen molar-refractivity contribution in [2.45, 2.75) is 19.8 Å². The normalized spacial score (nSPS) is 10.8. The average molecular weight is 265 g/mol. The van der Waals surface area contributed by atoms with Crippen molar-refractivity contribution >= 4 is 28.4 Å². The Labute approximate surface area is 112 Å². The number of carbonyl (C=O) groups is 1. The third-order valence-corrected chi connectivity index (χ3v) is 3.29. The number of carbonyl (C=O) groups excluding carboxylic acids is 1. The Kier molecular flexibility index (Phi) is 3.92. The van der Waals surface area contributed by atoms with Gasteiger partial charge in [-0.1, -0.05) is 31.0 Å². The fourth-order valence-electron chi connectivity index (χ4n) is 1.99. The van der Waals surface area contributed by atoms with E-state index in [0.29, 0.717) is 10.7 Å². The number of nitrogens with zero attached hydrogens (tertiary/aromatic N) is 1. The quantitative estimate of drug-likeness (QED) is 0.844. The maximum atomic E-state index is 12.0. The smallest absolute Gasteiger partial charge is 0.267 e. The molecule has 0 fully saturated rings. The molecule has 1 amide bonds. The molecule has 0 aliphatic heterocycles. The number of halogens is 1. The Morgan fingerprint density at radius 2 is 2.17 bits per heavy atom. The van der Waals surface area contributed by atoms with Gasteiger partial charge in [-0.15, -0.1) is 0 Å². The summed E-state index contributed by atoms with van der Waals surface area (Å²) in [6.45, 7) is 2.82. The van der Waals surface area contributed by atoms with Crippen LogP contribution in [-0.2, 0) is 7.05 Å². The number of benzene rings is 1. The van der Waals surface area contributed by atoms with Crippen LogP contribution in [0.1, 0.15) is 30.3 Å². The van der Waals surface area contributed by atoms with Crippen LogP contribution in [0.5, 0.6) is 0 Å². The molecule has 0 aliphatic rings. The molecule has 96 valence electrons. The fourth-order valence-corrected chi connectivity index (χ4v) is 2.16. The average Bonchev–Trinajstić information content (AvgIpc) is 2.67. The van der Waals surface area contributed by atoms with E-state index < -0.39 is 0 Å². The number of hydrogen-bond acceptors (Lipinski definition) is 1. The molecule has 0 saturated carbocycles. The van der Waals surface area contributed by atoms with Gasteiger partial charge >= 0.3 is 0 Å². The van der Waals surface area contributed by atoms with Crippen molar-refractivity contribution in [1.29, 1.82) is 0 Å². The van der Waals surface area contributed by atoms with E-state index in [9.17, 15) is 4.79 Å². The lowest BCUT2D eigenvalue weighted by Crippen LogP contribution is -2.26. The molecular weight excluding hydrogens is 248 g/mol. The number of aryl methyl sites for hydroxylation is 1. The SMILES string of the molecule is CCCCNC(=O)c1cc2ccc(Cl)cc2n1C. The van der Waals surface area contributed by atoms with Crippen LogP contribution in [0.15, 0.2) is 24.3 Å². The summed E-state index contributed by atoms with van der Waals surface area (Å²) in [6, 6.07) is 7.54. The van der Waals surface area contributed by atoms with E-state index in [0.717, 1.165) is 30.3 Å². The number of aromatic nitrogens is 1. The lowest BCUT2D eigenvalue weighted by Gasteiger charge is -2.05. The topological polar surface area (TPSA) is 34.0 Å². The van der Waals surface area contributed by atoms with E-state index in [1.807, 2.05) is 35.9 Å². The van der Waals surface area contributed by atoms with Gasteiger partial charge in [0, 0.05) is 29.5 Å². The Hall–Kier alpha value is -1.48. The lowest BCUT2D eigenvalue weighted by atomic mass is 10.2. The first-order valence-corrected chi connectivity index (χ1v) is 6.54. The molecule has 2 aromatic rings. The predicted octanol–water partition coefficient (Wildman–Crippen LogP) is 3.36. The molecular formula is C14H17ClN2O. The van der Waals surface area contributed by atoms with Gasteiger partial charge in [-0.05, 0) is 24.6 Å². The molecule has 1 N–H and O–H groups in total. The number of amides is 1. The van der Waals surface area contributed by atoms with Crippen LogP contribution in [0.25, 0.3) is 10.9 Å². The van der Waals surface area contributed by atoms with Gasteiger partial charge in [0.2, 0.25) is 0 Å². The summed E-state index contributed by atoms with van der Waals surface area (Å²) in [7, 11) is 1.88. The molecule has 0 aliphatic carbocycles. The minimum absolute atomic E-state index is 0.0294. The van der Waals surface area contributed by atoms with E-state index in [1.54, 1.807) is 0 Å². The summed E-state index contributed by atoms with van der Waals surface area (Å²) in [6.07, 6.45) is 2.08. The van der Waals surface area contributed by atoms with Crippen molar-refractivity contribution in [3.8, 4) is 0 Å². The maximum absolute atomic E-state index is 12.0. The first-order valence-electron chi connectivity index (χ1n) is 6.16. The second kappa shape index (κ2) is 5.44. The number of hydrogen-bond donors (Lipinski definition) is 1. The van der Waals surface area contributed by atoms with Gasteiger partial charge < -0.3 is 9.88 Å². The first-order chi connectivity index (χ1) is 8.63. The third kappa shape index (κ3) is 2.51. The Balaban J connectivity index is 2.28. The van der Waals surface area contributed by atoms with Gasteiger partial charge in [0.05, 0.1) is 0 Å². The summed E-state index contributed by atoms with van der Waals surface area (Å²) in [4.78, 5) is 12.0. The molecule has 0 spiro atoms. The van der Waals surface area contributed by atoms with Gasteiger partial charge in [-0.3, -0.25) is 4.79 Å². The minimum Gasteiger partial charge on any atom is -0.351 e. The first kappa shape index (κ1) is 13.0. The number of rotatable bonds is 4. The molecule has 4 heteroatoms. The predicted molar refractivity (Wildman–Crippen MR) is 75.2 cm³/mol. The maximum Gasteiger partial charge on any atom is 0.267 e. The van der Waals surface area contributed by atoms with E-state index in [-0.39, 0.29) is 5.91 Å². The highest BCUT2D eigenvalue weighted by Crippen LogP contribution is 2.22. The van der Waals surface area contributed by atoms with Crippen molar-refractivity contribution in [3.63, 3.8) is 0 Å². The third-order valence-electron chi connectivity index (χ3n) is 3.06. The molecule has 18 heavy (non-hydrogen) atoms. The molecule has 0 saturated heterocycles. The van der Waals surface area contributed by atoms with Crippen molar-refractivity contribution in [2.75, 3.05) is 6.54 Å². The van der Waals surface area contributed by atoms with Crippen molar-refractivity contribution in [1.82, 2.24) is 9.88 Å². The van der Waals surface area contributed by atoms with E-state index in [4.69, 9.17) is 11.6 Å². The molecule has 1 aromatic heterocycles. The lowest BCUT2D eigenvalue weighted by molar-refractivity contribution is 0.0945.